The van der Waals surface area contributed by atoms with Gasteiger partial charge < -0.3 is 15.2 Å². The lowest BCUT2D eigenvalue weighted by atomic mass is 9.95. The summed E-state index contributed by atoms with van der Waals surface area (Å²) in [4.78, 5) is 4.64. The Balaban J connectivity index is 0.00000338. The van der Waals surface area contributed by atoms with Gasteiger partial charge in [0, 0.05) is 41.4 Å². The first kappa shape index (κ1) is 23.1. The van der Waals surface area contributed by atoms with E-state index in [4.69, 9.17) is 0 Å². The van der Waals surface area contributed by atoms with Crippen molar-refractivity contribution in [1.29, 1.82) is 0 Å². The van der Waals surface area contributed by atoms with E-state index in [9.17, 15) is 4.21 Å². The maximum Gasteiger partial charge on any atom is 0.192 e. The lowest BCUT2D eigenvalue weighted by Crippen LogP contribution is -2.46. The number of aliphatic imine (C=N–C) groups is 1. The number of guanidine groups is 1. The Bertz CT molecular complexity index is 633. The standard InChI is InChI=1S/C17H30N6OS.HI/c1-5-10-18-17(19-12-16-22-21-13(3)23(16)4)20-14-8-7-9-15(11-14)25(24)6-2;/h5,14-15H,1,6-12H2,2-4H3,(H2,18,19,20);1H. The minimum absolute atomic E-state index is 0. The van der Waals surface area contributed by atoms with Crippen molar-refractivity contribution in [2.24, 2.45) is 12.0 Å². The maximum atomic E-state index is 12.1. The average Bonchev–Trinajstić information content (AvgIpc) is 2.95. The number of aryl methyl sites for hydroxylation is 1. The van der Waals surface area contributed by atoms with Crippen LogP contribution in [-0.2, 0) is 24.4 Å². The Kier molecular flexibility index (Phi) is 10.4. The van der Waals surface area contributed by atoms with Crippen molar-refractivity contribution < 1.29 is 4.21 Å². The molecular formula is C17H31IN6OS. The highest BCUT2D eigenvalue weighted by Crippen LogP contribution is 2.23. The van der Waals surface area contributed by atoms with E-state index in [0.717, 1.165) is 49.0 Å². The quantitative estimate of drug-likeness (QED) is 0.262. The topological polar surface area (TPSA) is 84.2 Å². The van der Waals surface area contributed by atoms with Gasteiger partial charge in [0.15, 0.2) is 11.8 Å². The van der Waals surface area contributed by atoms with Crippen LogP contribution in [0.5, 0.6) is 0 Å². The second kappa shape index (κ2) is 11.7. The molecule has 9 heteroatoms. The molecule has 0 spiro atoms. The van der Waals surface area contributed by atoms with Crippen LogP contribution in [0.3, 0.4) is 0 Å². The van der Waals surface area contributed by atoms with Crippen LogP contribution in [0, 0.1) is 6.92 Å². The van der Waals surface area contributed by atoms with Gasteiger partial charge in [-0.05, 0) is 26.2 Å². The van der Waals surface area contributed by atoms with Crippen LogP contribution < -0.4 is 10.6 Å². The van der Waals surface area contributed by atoms with E-state index >= 15 is 0 Å². The number of rotatable bonds is 7. The molecule has 2 N–H and O–H groups in total. The fourth-order valence-corrected chi connectivity index (χ4v) is 4.35. The molecule has 3 unspecified atom stereocenters. The molecule has 1 aromatic rings. The first-order valence-electron chi connectivity index (χ1n) is 8.92. The molecule has 2 rings (SSSR count). The number of halogens is 1. The second-order valence-electron chi connectivity index (χ2n) is 6.36. The summed E-state index contributed by atoms with van der Waals surface area (Å²) in [6, 6.07) is 0.298. The third-order valence-corrected chi connectivity index (χ3v) is 6.34. The summed E-state index contributed by atoms with van der Waals surface area (Å²) in [6.07, 6.45) is 5.97. The van der Waals surface area contributed by atoms with Crippen molar-refractivity contribution in [3.05, 3.63) is 24.3 Å². The minimum Gasteiger partial charge on any atom is -0.354 e. The second-order valence-corrected chi connectivity index (χ2v) is 8.36. The fourth-order valence-electron chi connectivity index (χ4n) is 3.00. The summed E-state index contributed by atoms with van der Waals surface area (Å²) in [5.41, 5.74) is 0. The third kappa shape index (κ3) is 6.64. The molecule has 7 nitrogen and oxygen atoms in total. The Morgan fingerprint density at radius 2 is 2.23 bits per heavy atom. The van der Waals surface area contributed by atoms with Crippen molar-refractivity contribution in [3.63, 3.8) is 0 Å². The zero-order chi connectivity index (χ0) is 18.2. The van der Waals surface area contributed by atoms with Crippen molar-refractivity contribution >= 4 is 40.7 Å². The first-order valence-corrected chi connectivity index (χ1v) is 10.3. The van der Waals surface area contributed by atoms with Gasteiger partial charge in [0.25, 0.3) is 0 Å². The van der Waals surface area contributed by atoms with Crippen molar-refractivity contribution in [1.82, 2.24) is 25.4 Å². The van der Waals surface area contributed by atoms with E-state index in [-0.39, 0.29) is 24.0 Å². The lowest BCUT2D eigenvalue weighted by molar-refractivity contribution is 0.413. The molecule has 1 saturated carbocycles. The molecule has 1 aromatic heterocycles. The highest BCUT2D eigenvalue weighted by Gasteiger charge is 2.26. The van der Waals surface area contributed by atoms with Gasteiger partial charge in [0.1, 0.15) is 12.4 Å². The van der Waals surface area contributed by atoms with Crippen molar-refractivity contribution in [2.45, 2.75) is 57.4 Å². The number of hydrogen-bond donors (Lipinski definition) is 2. The maximum absolute atomic E-state index is 12.1. The van der Waals surface area contributed by atoms with E-state index in [2.05, 4.69) is 32.4 Å². The number of nitrogens with zero attached hydrogens (tertiary/aromatic N) is 4. The summed E-state index contributed by atoms with van der Waals surface area (Å²) < 4.78 is 14.1. The lowest BCUT2D eigenvalue weighted by Gasteiger charge is -2.30. The Morgan fingerprint density at radius 1 is 1.46 bits per heavy atom. The summed E-state index contributed by atoms with van der Waals surface area (Å²) in [6.45, 7) is 8.76. The van der Waals surface area contributed by atoms with Crippen LogP contribution in [0.25, 0.3) is 0 Å². The summed E-state index contributed by atoms with van der Waals surface area (Å²) in [5, 5.41) is 15.3. The van der Waals surface area contributed by atoms with E-state index in [1.165, 1.54) is 0 Å². The molecule has 0 aliphatic heterocycles. The van der Waals surface area contributed by atoms with E-state index in [0.29, 0.717) is 24.4 Å². The Hall–Kier alpha value is -0.970. The molecule has 148 valence electrons. The number of nitrogens with one attached hydrogen (secondary N) is 2. The molecule has 1 aliphatic carbocycles. The van der Waals surface area contributed by atoms with Crippen LogP contribution in [0.1, 0.15) is 44.3 Å². The van der Waals surface area contributed by atoms with Crippen LogP contribution in [0.2, 0.25) is 0 Å². The molecular weight excluding hydrogens is 463 g/mol. The van der Waals surface area contributed by atoms with Gasteiger partial charge in [0.2, 0.25) is 0 Å². The van der Waals surface area contributed by atoms with Gasteiger partial charge >= 0.3 is 0 Å². The first-order chi connectivity index (χ1) is 12.0. The molecule has 0 amide bonds. The van der Waals surface area contributed by atoms with Gasteiger partial charge in [-0.15, -0.1) is 40.8 Å². The van der Waals surface area contributed by atoms with Crippen LogP contribution in [0.15, 0.2) is 17.6 Å². The van der Waals surface area contributed by atoms with Gasteiger partial charge in [-0.1, -0.05) is 19.4 Å². The Morgan fingerprint density at radius 3 is 2.85 bits per heavy atom. The molecule has 1 fully saturated rings. The summed E-state index contributed by atoms with van der Waals surface area (Å²) in [5.74, 6) is 3.17. The average molecular weight is 494 g/mol. The predicted molar refractivity (Wildman–Crippen MR) is 118 cm³/mol. The highest BCUT2D eigenvalue weighted by molar-refractivity contribution is 14.0. The van der Waals surface area contributed by atoms with Crippen molar-refractivity contribution in [3.8, 4) is 0 Å². The molecule has 0 saturated heterocycles. The molecule has 1 heterocycles. The normalized spacial score (nSPS) is 21.6. The molecule has 0 radical (unpaired) electrons. The van der Waals surface area contributed by atoms with Gasteiger partial charge in [0.05, 0.1) is 0 Å². The van der Waals surface area contributed by atoms with Crippen LogP contribution in [-0.4, -0.2) is 48.5 Å². The minimum atomic E-state index is -0.726. The largest absolute Gasteiger partial charge is 0.354 e. The highest BCUT2D eigenvalue weighted by atomic mass is 127. The summed E-state index contributed by atoms with van der Waals surface area (Å²) >= 11 is 0. The summed E-state index contributed by atoms with van der Waals surface area (Å²) in [7, 11) is 1.21. The smallest absolute Gasteiger partial charge is 0.192 e. The SMILES string of the molecule is C=CCNC(=NCc1nnc(C)n1C)NC1CCCC(S(=O)CC)C1.I. The van der Waals surface area contributed by atoms with Crippen LogP contribution in [0.4, 0.5) is 0 Å². The Labute approximate surface area is 176 Å². The molecule has 0 bridgehead atoms. The third-order valence-electron chi connectivity index (χ3n) is 4.60. The number of hydrogen-bond acceptors (Lipinski definition) is 4. The van der Waals surface area contributed by atoms with E-state index < -0.39 is 10.8 Å². The molecule has 3 atom stereocenters. The molecule has 1 aliphatic rings. The zero-order valence-corrected chi connectivity index (χ0v) is 19.0. The molecule has 0 aromatic carbocycles. The molecule has 26 heavy (non-hydrogen) atoms. The van der Waals surface area contributed by atoms with E-state index in [1.54, 1.807) is 6.08 Å². The monoisotopic (exact) mass is 494 g/mol. The van der Waals surface area contributed by atoms with Gasteiger partial charge in [-0.25, -0.2) is 4.99 Å². The van der Waals surface area contributed by atoms with Crippen molar-refractivity contribution in [2.75, 3.05) is 12.3 Å². The van der Waals surface area contributed by atoms with Gasteiger partial charge in [-0.2, -0.15) is 0 Å². The predicted octanol–water partition coefficient (Wildman–Crippen LogP) is 2.04. The van der Waals surface area contributed by atoms with Crippen LogP contribution >= 0.6 is 24.0 Å². The van der Waals surface area contributed by atoms with E-state index in [1.807, 2.05) is 25.5 Å². The zero-order valence-electron chi connectivity index (χ0n) is 15.9. The fraction of sp³-hybridized carbons (Fsp3) is 0.706. The van der Waals surface area contributed by atoms with Gasteiger partial charge in [-0.3, -0.25) is 4.21 Å². The number of aromatic nitrogens is 3.